The summed E-state index contributed by atoms with van der Waals surface area (Å²) in [7, 11) is 0. The Morgan fingerprint density at radius 3 is 0.929 bits per heavy atom. The van der Waals surface area contributed by atoms with Crippen LogP contribution < -0.4 is 14.7 Å². The van der Waals surface area contributed by atoms with E-state index in [0.29, 0.717) is 35.5 Å². The molecule has 0 saturated heterocycles. The van der Waals surface area contributed by atoms with Gasteiger partial charge in [-0.2, -0.15) is 0 Å². The van der Waals surface area contributed by atoms with Crippen LogP contribution in [0.2, 0.25) is 0 Å². The van der Waals surface area contributed by atoms with Gasteiger partial charge in [0.15, 0.2) is 0 Å². The first-order chi connectivity index (χ1) is 55.5. The van der Waals surface area contributed by atoms with Gasteiger partial charge in [0, 0.05) is 106 Å². The highest BCUT2D eigenvalue weighted by atomic mass is 15.2. The van der Waals surface area contributed by atoms with Crippen molar-refractivity contribution in [1.82, 2.24) is 0 Å². The zero-order chi connectivity index (χ0) is 76.0. The lowest BCUT2D eigenvalue weighted by Gasteiger charge is -2.33. The van der Waals surface area contributed by atoms with Crippen molar-refractivity contribution >= 4 is 81.4 Å². The molecule has 0 radical (unpaired) electrons. The van der Waals surface area contributed by atoms with Crippen molar-refractivity contribution in [3.63, 3.8) is 0 Å². The SMILES string of the molecule is CC1=Cc2c(-c3cccc4ccccc34)cccc2C1CC1C(C)=Cc2c1cccc2N1CCc2ccccc21.CC1=Cc2c(-c3ccccc3)cccc2C1CC1C(C)=Cc2c1cccc2N1CCCc2ccccc21.CC1=Cc2c(-c3ccccc3)cccc2C1CC1C(C)=Cc2c1cccc2N1CCc2ccccc21. The van der Waals surface area contributed by atoms with Gasteiger partial charge in [-0.3, -0.25) is 0 Å². The lowest BCUT2D eigenvalue weighted by molar-refractivity contribution is 0.642. The summed E-state index contributed by atoms with van der Waals surface area (Å²) in [5, 5.41) is 2.63. The summed E-state index contributed by atoms with van der Waals surface area (Å²) in [5.41, 5.74) is 47.0. The molecule has 0 aromatic heterocycles. The maximum absolute atomic E-state index is 2.56. The van der Waals surface area contributed by atoms with Crippen LogP contribution in [0, 0.1) is 0 Å². The maximum atomic E-state index is 2.56. The van der Waals surface area contributed by atoms with Gasteiger partial charge in [-0.05, 0) is 234 Å². The molecule has 0 amide bonds. The third-order valence-electron chi connectivity index (χ3n) is 27.0. The zero-order valence-electron chi connectivity index (χ0n) is 66.0. The molecule has 0 saturated carbocycles. The number of aryl methyl sites for hydroxylation is 1. The van der Waals surface area contributed by atoms with E-state index in [1.807, 2.05) is 0 Å². The quantitative estimate of drug-likeness (QED) is 0.121. The second-order valence-electron chi connectivity index (χ2n) is 33.3. The van der Waals surface area contributed by atoms with Gasteiger partial charge in [0.1, 0.15) is 0 Å². The van der Waals surface area contributed by atoms with Crippen LogP contribution in [0.15, 0.2) is 319 Å². The Morgan fingerprint density at radius 1 is 0.230 bits per heavy atom. The molecular weight excluding hydrogens is 1360 g/mol. The van der Waals surface area contributed by atoms with Crippen molar-refractivity contribution in [3.05, 3.63) is 402 Å². The minimum atomic E-state index is 0.431. The molecule has 0 bridgehead atoms. The fraction of sp³-hybridized carbons (Fsp3) is 0.200. The number of rotatable bonds is 12. The average Bonchev–Trinajstić information content (AvgIpc) is 1.60. The first-order valence-electron chi connectivity index (χ1n) is 41.6. The predicted molar refractivity (Wildman–Crippen MR) is 481 cm³/mol. The Kier molecular flexibility index (Phi) is 18.1. The molecule has 0 N–H and O–H groups in total. The van der Waals surface area contributed by atoms with Crippen LogP contribution in [0.5, 0.6) is 0 Å². The molecule has 9 aliphatic rings. The lowest BCUT2D eigenvalue weighted by atomic mass is 9.81. The van der Waals surface area contributed by atoms with Crippen molar-refractivity contribution in [1.29, 1.82) is 0 Å². The van der Waals surface area contributed by atoms with E-state index in [1.54, 1.807) is 0 Å². The summed E-state index contributed by atoms with van der Waals surface area (Å²) in [6.45, 7) is 17.2. The Balaban J connectivity index is 0.000000110. The Labute approximate surface area is 668 Å². The van der Waals surface area contributed by atoms with Crippen LogP contribution in [0.4, 0.5) is 34.1 Å². The number of hydrogen-bond acceptors (Lipinski definition) is 3. The van der Waals surface area contributed by atoms with E-state index in [9.17, 15) is 0 Å². The number of hydrogen-bond donors (Lipinski definition) is 0. The highest BCUT2D eigenvalue weighted by Gasteiger charge is 2.38. The van der Waals surface area contributed by atoms with Gasteiger partial charge in [0.2, 0.25) is 0 Å². The topological polar surface area (TPSA) is 9.72 Å². The van der Waals surface area contributed by atoms with Crippen LogP contribution in [-0.2, 0) is 19.3 Å². The molecular formula is C110H97N3. The Bertz CT molecular complexity index is 6140. The first kappa shape index (κ1) is 70.1. The van der Waals surface area contributed by atoms with E-state index >= 15 is 0 Å². The minimum Gasteiger partial charge on any atom is -0.341 e. The van der Waals surface area contributed by atoms with Crippen LogP contribution in [-0.4, -0.2) is 19.6 Å². The molecule has 13 aromatic rings. The van der Waals surface area contributed by atoms with Crippen molar-refractivity contribution in [2.24, 2.45) is 0 Å². The summed E-state index contributed by atoms with van der Waals surface area (Å²) in [6, 6.07) is 105. The molecule has 0 spiro atoms. The summed E-state index contributed by atoms with van der Waals surface area (Å²) in [6.07, 6.45) is 22.8. The van der Waals surface area contributed by atoms with Gasteiger partial charge < -0.3 is 14.7 Å². The molecule has 3 aliphatic heterocycles. The maximum Gasteiger partial charge on any atom is 0.0487 e. The largest absolute Gasteiger partial charge is 0.341 e. The van der Waals surface area contributed by atoms with Gasteiger partial charge in [-0.25, -0.2) is 0 Å². The standard InChI is InChI=1S/C39H33N.C36H33N.C35H31N/c1-25-22-36-31(30-14-7-12-27-10-3-5-13-29(27)30)15-8-16-32(36)34(25)24-35-26(2)23-37-33(35)17-9-19-39(37)40-21-20-28-11-4-6-18-38(28)40;1-24-21-33-28(26-11-4-3-5-12-26)15-8-16-29(33)31(24)23-32-25(2)22-34-30(32)17-9-19-36(34)37-20-10-14-27-13-6-7-18-35(27)37;1-23-20-32-27(25-10-4-3-5-11-25)13-8-14-28(32)30(23)22-31-24(2)21-33-29(31)15-9-17-35(33)36-19-18-26-12-6-7-16-34(26)36/h3-19,22-23,34-35H,20-21,24H2,1-2H3;3-9,11-13,15-19,21-22,31-32H,10,14,20,23H2,1-2H3;3-17,20-21,30-31H,18-19,22H2,1-2H3. The Morgan fingerprint density at radius 2 is 0.513 bits per heavy atom. The van der Waals surface area contributed by atoms with Gasteiger partial charge in [-0.1, -0.05) is 319 Å². The third kappa shape index (κ3) is 12.4. The van der Waals surface area contributed by atoms with Gasteiger partial charge >= 0.3 is 0 Å². The van der Waals surface area contributed by atoms with Gasteiger partial charge in [-0.15, -0.1) is 0 Å². The number of para-hydroxylation sites is 3. The molecule has 3 heteroatoms. The Hall–Kier alpha value is -12.0. The fourth-order valence-electron chi connectivity index (χ4n) is 21.4. The monoisotopic (exact) mass is 1460 g/mol. The zero-order valence-corrected chi connectivity index (χ0v) is 66.0. The van der Waals surface area contributed by atoms with Crippen LogP contribution in [0.3, 0.4) is 0 Å². The fourth-order valence-corrected chi connectivity index (χ4v) is 21.4. The molecule has 552 valence electrons. The van der Waals surface area contributed by atoms with Crippen molar-refractivity contribution in [2.45, 2.75) is 122 Å². The van der Waals surface area contributed by atoms with Crippen molar-refractivity contribution in [2.75, 3.05) is 34.3 Å². The summed E-state index contributed by atoms with van der Waals surface area (Å²) in [4.78, 5) is 7.63. The average molecular weight is 1460 g/mol. The highest BCUT2D eigenvalue weighted by molar-refractivity contribution is 6.00. The third-order valence-corrected chi connectivity index (χ3v) is 27.0. The molecule has 6 atom stereocenters. The normalized spacial score (nSPS) is 19.4. The molecule has 13 aromatic carbocycles. The number of anilines is 6. The summed E-state index contributed by atoms with van der Waals surface area (Å²) in [5.74, 6) is 2.69. The molecule has 22 rings (SSSR count). The molecule has 6 aliphatic carbocycles. The molecule has 3 nitrogen and oxygen atoms in total. The highest BCUT2D eigenvalue weighted by Crippen LogP contribution is 2.56. The summed E-state index contributed by atoms with van der Waals surface area (Å²) < 4.78 is 0. The number of fused-ring (bicyclic) bond motifs is 10. The van der Waals surface area contributed by atoms with Crippen LogP contribution in [0.1, 0.15) is 186 Å². The molecule has 6 unspecified atom stereocenters. The van der Waals surface area contributed by atoms with Crippen molar-refractivity contribution < 1.29 is 0 Å². The predicted octanol–water partition coefficient (Wildman–Crippen LogP) is 29.0. The lowest BCUT2D eigenvalue weighted by Crippen LogP contribution is -2.25. The number of allylic oxidation sites excluding steroid dienone is 6. The first-order valence-corrected chi connectivity index (χ1v) is 41.6. The second-order valence-corrected chi connectivity index (χ2v) is 33.3. The van der Waals surface area contributed by atoms with Crippen LogP contribution >= 0.6 is 0 Å². The van der Waals surface area contributed by atoms with Crippen molar-refractivity contribution in [3.8, 4) is 33.4 Å². The van der Waals surface area contributed by atoms with E-state index in [4.69, 9.17) is 0 Å². The number of benzene rings is 13. The van der Waals surface area contributed by atoms with E-state index < -0.39 is 0 Å². The molecule has 0 fully saturated rings. The van der Waals surface area contributed by atoms with Gasteiger partial charge in [0.05, 0.1) is 0 Å². The molecule has 113 heavy (non-hydrogen) atoms. The minimum absolute atomic E-state index is 0.431. The van der Waals surface area contributed by atoms with E-state index in [2.05, 4.69) is 378 Å². The van der Waals surface area contributed by atoms with Gasteiger partial charge in [0.25, 0.3) is 0 Å². The van der Waals surface area contributed by atoms with E-state index in [-0.39, 0.29) is 0 Å². The molecule has 3 heterocycles. The second kappa shape index (κ2) is 29.2. The summed E-state index contributed by atoms with van der Waals surface area (Å²) >= 11 is 0. The van der Waals surface area contributed by atoms with E-state index in [1.165, 1.54) is 208 Å². The van der Waals surface area contributed by atoms with Crippen LogP contribution in [0.25, 0.3) is 80.6 Å². The number of nitrogens with zero attached hydrogens (tertiary/aromatic N) is 3. The smallest absolute Gasteiger partial charge is 0.0487 e. The van der Waals surface area contributed by atoms with E-state index in [0.717, 1.165) is 51.7 Å².